The fourth-order valence-corrected chi connectivity index (χ4v) is 6.26. The average Bonchev–Trinajstić information content (AvgIpc) is 3.72. The van der Waals surface area contributed by atoms with Crippen LogP contribution in [0.15, 0.2) is 11.1 Å². The molecule has 20 heteroatoms. The molecule has 9 atom stereocenters. The summed E-state index contributed by atoms with van der Waals surface area (Å²) in [6.07, 6.45) is -2.09. The number of H-pyrrole nitrogens is 1. The van der Waals surface area contributed by atoms with E-state index in [0.29, 0.717) is 70.9 Å². The monoisotopic (exact) mass is 815 g/mol. The molecule has 326 valence electrons. The topological polar surface area (TPSA) is 262 Å². The Bertz CT molecular complexity index is 1540. The maximum atomic E-state index is 12.3. The number of ether oxygens (including phenoxy) is 8. The average molecular weight is 816 g/mol. The van der Waals surface area contributed by atoms with Crippen molar-refractivity contribution in [3.05, 3.63) is 16.7 Å². The molecule has 2 amide bonds. The number of fused-ring (bicyclic) bond motifs is 1. The summed E-state index contributed by atoms with van der Waals surface area (Å²) in [4.78, 5) is 45.8. The van der Waals surface area contributed by atoms with Crippen molar-refractivity contribution in [2.45, 2.75) is 148 Å². The van der Waals surface area contributed by atoms with E-state index in [1.165, 1.54) is 13.3 Å². The van der Waals surface area contributed by atoms with Crippen molar-refractivity contribution in [3.8, 4) is 0 Å². The molecule has 0 aliphatic carbocycles. The molecule has 0 saturated carbocycles. The number of carbonyl (C=O) groups excluding carboxylic acids is 2. The molecular weight excluding hydrogens is 750 g/mol. The van der Waals surface area contributed by atoms with Gasteiger partial charge in [0.1, 0.15) is 43.4 Å². The maximum absolute atomic E-state index is 12.3. The molecule has 57 heavy (non-hydrogen) atoms. The second-order valence-corrected chi connectivity index (χ2v) is 14.2. The molecule has 7 N–H and O–H groups in total. The highest BCUT2D eigenvalue weighted by Crippen LogP contribution is 2.36. The van der Waals surface area contributed by atoms with Crippen LogP contribution >= 0.6 is 0 Å². The zero-order chi connectivity index (χ0) is 42.1. The van der Waals surface area contributed by atoms with E-state index in [-0.39, 0.29) is 42.3 Å². The summed E-state index contributed by atoms with van der Waals surface area (Å²) in [5.41, 5.74) is 5.79. The summed E-state index contributed by atoms with van der Waals surface area (Å²) < 4.78 is 48.3. The number of aromatic nitrogens is 4. The number of nitrogen functional groups attached to an aromatic ring is 1. The van der Waals surface area contributed by atoms with Gasteiger partial charge >= 0.3 is 0 Å². The first-order chi connectivity index (χ1) is 27.2. The van der Waals surface area contributed by atoms with E-state index < -0.39 is 60.7 Å². The molecule has 0 spiro atoms. The number of unbranched alkanes of at least 4 members (excludes halogenated alkanes) is 1. The summed E-state index contributed by atoms with van der Waals surface area (Å²) >= 11 is 0. The van der Waals surface area contributed by atoms with E-state index in [2.05, 4.69) is 25.6 Å². The highest BCUT2D eigenvalue weighted by atomic mass is 16.7. The van der Waals surface area contributed by atoms with Crippen LogP contribution in [0, 0.1) is 0 Å². The van der Waals surface area contributed by atoms with Crippen LogP contribution in [0.25, 0.3) is 11.2 Å². The fourth-order valence-electron chi connectivity index (χ4n) is 6.26. The van der Waals surface area contributed by atoms with E-state index in [9.17, 15) is 24.6 Å². The largest absolute Gasteiger partial charge is 0.388 e. The Hall–Kier alpha value is -3.31. The lowest BCUT2D eigenvalue weighted by Gasteiger charge is -2.42. The van der Waals surface area contributed by atoms with Gasteiger partial charge in [0.25, 0.3) is 5.56 Å². The quantitative estimate of drug-likeness (QED) is 0.0712. The summed E-state index contributed by atoms with van der Waals surface area (Å²) in [6, 6.07) is -0.830. The molecular formula is C37H65N7O13. The number of aliphatic hydroxyl groups excluding tert-OH is 2. The Labute approximate surface area is 333 Å². The van der Waals surface area contributed by atoms with Gasteiger partial charge in [0.15, 0.2) is 23.7 Å². The number of aliphatic hydroxyl groups is 2. The molecule has 0 radical (unpaired) electrons. The third-order valence-corrected chi connectivity index (χ3v) is 8.88. The van der Waals surface area contributed by atoms with Crippen LogP contribution in [0.2, 0.25) is 0 Å². The molecule has 20 nitrogen and oxygen atoms in total. The lowest BCUT2D eigenvalue weighted by Crippen LogP contribution is -2.63. The van der Waals surface area contributed by atoms with Crippen molar-refractivity contribution >= 4 is 28.9 Å². The van der Waals surface area contributed by atoms with Crippen LogP contribution in [-0.2, 0) is 47.5 Å². The minimum atomic E-state index is -1.16. The van der Waals surface area contributed by atoms with Gasteiger partial charge in [-0.25, -0.2) is 4.98 Å². The van der Waals surface area contributed by atoms with Gasteiger partial charge in [-0.2, -0.15) is 4.98 Å². The highest BCUT2D eigenvalue weighted by molar-refractivity contribution is 5.75. The van der Waals surface area contributed by atoms with E-state index in [4.69, 9.17) is 43.6 Å². The number of carbonyl (C=O) groups is 2. The molecule has 0 bridgehead atoms. The molecule has 2 aliphatic rings. The van der Waals surface area contributed by atoms with Gasteiger partial charge < -0.3 is 64.5 Å². The number of rotatable bonds is 22. The number of hydrogen-bond donors (Lipinski definition) is 6. The number of nitrogens with two attached hydrogens (primary N) is 1. The van der Waals surface area contributed by atoms with Crippen molar-refractivity contribution in [2.75, 3.05) is 52.1 Å². The summed E-state index contributed by atoms with van der Waals surface area (Å²) in [6.45, 7) is 17.5. The zero-order valence-corrected chi connectivity index (χ0v) is 34.5. The van der Waals surface area contributed by atoms with Crippen LogP contribution in [0.5, 0.6) is 0 Å². The van der Waals surface area contributed by atoms with Crippen molar-refractivity contribution in [1.82, 2.24) is 30.2 Å². The number of nitrogens with zero attached hydrogens (tertiary/aromatic N) is 3. The fraction of sp³-hybridized carbons (Fsp3) is 0.811. The molecule has 2 aliphatic heterocycles. The number of anilines is 1. The van der Waals surface area contributed by atoms with Gasteiger partial charge in [-0.05, 0) is 60.8 Å². The minimum absolute atomic E-state index is 0.00660. The first-order valence-corrected chi connectivity index (χ1v) is 19.8. The number of aromatic amines is 1. The third-order valence-electron chi connectivity index (χ3n) is 8.88. The maximum Gasteiger partial charge on any atom is 0.280 e. The molecule has 2 fully saturated rings. The summed E-state index contributed by atoms with van der Waals surface area (Å²) in [5.74, 6) is -0.347. The molecule has 2 aromatic rings. The SMILES string of the molecule is CCNC(=O)CCCCO[C@@H]1O[C@H](CC)[C@H](O)[C@H](O)[C@H]1NC(C)=O.CCOCCOCO[C@@H]1[C@H](OC(C)C)[C@@H](COC(C)C)O[C@H]1n1cnc2c(=O)[nH]c(N)nc21. The van der Waals surface area contributed by atoms with Gasteiger partial charge in [-0.1, -0.05) is 6.92 Å². The van der Waals surface area contributed by atoms with Gasteiger partial charge in [-0.15, -0.1) is 0 Å². The summed E-state index contributed by atoms with van der Waals surface area (Å²) in [7, 11) is 0. The molecule has 4 rings (SSSR count). The van der Waals surface area contributed by atoms with Crippen molar-refractivity contribution < 1.29 is 57.7 Å². The number of hydrogen-bond acceptors (Lipinski definition) is 16. The number of amides is 2. The van der Waals surface area contributed by atoms with Crippen LogP contribution in [0.4, 0.5) is 5.95 Å². The Kier molecular flexibility index (Phi) is 20.7. The van der Waals surface area contributed by atoms with Crippen molar-refractivity contribution in [3.63, 3.8) is 0 Å². The Balaban J connectivity index is 0.000000322. The third kappa shape index (κ3) is 14.8. The predicted octanol–water partition coefficient (Wildman–Crippen LogP) is 0.884. The van der Waals surface area contributed by atoms with Crippen LogP contribution in [0.3, 0.4) is 0 Å². The first kappa shape index (κ1) is 48.1. The van der Waals surface area contributed by atoms with E-state index in [1.54, 1.807) is 4.57 Å². The lowest BCUT2D eigenvalue weighted by atomic mass is 9.95. The predicted molar refractivity (Wildman–Crippen MR) is 207 cm³/mol. The minimum Gasteiger partial charge on any atom is -0.388 e. The zero-order valence-electron chi connectivity index (χ0n) is 34.5. The van der Waals surface area contributed by atoms with Gasteiger partial charge in [0.2, 0.25) is 17.8 Å². The lowest BCUT2D eigenvalue weighted by molar-refractivity contribution is -0.265. The van der Waals surface area contributed by atoms with Gasteiger partial charge in [0, 0.05) is 33.1 Å². The smallest absolute Gasteiger partial charge is 0.280 e. The summed E-state index contributed by atoms with van der Waals surface area (Å²) in [5, 5.41) is 25.5. The molecule has 2 saturated heterocycles. The molecule has 0 aromatic carbocycles. The number of imidazole rings is 1. The first-order valence-electron chi connectivity index (χ1n) is 19.8. The van der Waals surface area contributed by atoms with Gasteiger partial charge in [-0.3, -0.25) is 23.9 Å². The van der Waals surface area contributed by atoms with E-state index in [0.717, 1.165) is 0 Å². The van der Waals surface area contributed by atoms with Gasteiger partial charge in [0.05, 0.1) is 44.5 Å². The van der Waals surface area contributed by atoms with E-state index >= 15 is 0 Å². The van der Waals surface area contributed by atoms with Crippen molar-refractivity contribution in [2.24, 2.45) is 0 Å². The Morgan fingerprint density at radius 1 is 0.982 bits per heavy atom. The van der Waals surface area contributed by atoms with Crippen LogP contribution in [-0.4, -0.2) is 149 Å². The second-order valence-electron chi connectivity index (χ2n) is 14.2. The second kappa shape index (κ2) is 24.6. The molecule has 4 heterocycles. The normalized spacial score (nSPS) is 26.1. The molecule has 0 unspecified atom stereocenters. The molecule has 2 aromatic heterocycles. The van der Waals surface area contributed by atoms with Crippen molar-refractivity contribution in [1.29, 1.82) is 0 Å². The van der Waals surface area contributed by atoms with Crippen LogP contribution < -0.4 is 21.9 Å². The Morgan fingerprint density at radius 3 is 2.37 bits per heavy atom. The number of nitrogens with one attached hydrogen (secondary N) is 3. The standard InChI is InChI=1S/C21H35N5O7.C16H30N2O6/c1-6-28-7-8-29-11-31-17-16(32-13(4)5)14(9-30-12(2)3)33-20(17)26-10-23-15-18(26)24-21(22)25-19(15)27;1-4-11-14(21)15(22)13(18-10(3)19)16(24-11)23-9-7-6-8-12(20)17-5-2/h10,12-14,16-17,20H,6-9,11H2,1-5H3,(H3,22,24,25,27);11,13-16,21-22H,4-9H2,1-3H3,(H,17,20)(H,18,19)/t14-,16-,17-,20-;11-,13-,14+,15-,16-/m11/s1. The van der Waals surface area contributed by atoms with E-state index in [1.807, 2.05) is 48.5 Å². The Morgan fingerprint density at radius 2 is 1.72 bits per heavy atom. The highest BCUT2D eigenvalue weighted by Gasteiger charge is 2.49. The van der Waals surface area contributed by atoms with Crippen LogP contribution in [0.1, 0.15) is 87.3 Å².